The van der Waals surface area contributed by atoms with E-state index >= 15 is 0 Å². The number of nitrogen functional groups attached to an aromatic ring is 1. The van der Waals surface area contributed by atoms with Gasteiger partial charge in [-0.15, -0.1) is 0 Å². The van der Waals surface area contributed by atoms with Crippen molar-refractivity contribution in [3.63, 3.8) is 0 Å². The summed E-state index contributed by atoms with van der Waals surface area (Å²) in [6.45, 7) is 0. The van der Waals surface area contributed by atoms with Crippen LogP contribution in [0.2, 0.25) is 0 Å². The number of ether oxygens (including phenoxy) is 2. The number of rotatable bonds is 8. The summed E-state index contributed by atoms with van der Waals surface area (Å²) in [5.74, 6) is -0.304. The first-order chi connectivity index (χ1) is 16.2. The van der Waals surface area contributed by atoms with Crippen LogP contribution in [0.1, 0.15) is 6.42 Å². The number of nitrogens with two attached hydrogens (primary N) is 1. The van der Waals surface area contributed by atoms with E-state index in [2.05, 4.69) is 36.4 Å². The minimum absolute atomic E-state index is 0.0806. The molecule has 4 aromatic rings. The standard InChI is InChI=1S/C28H27NO3P/c1-31-27(30)21-28(32-26-20-12-11-19-25(26)29)33(22-13-5-2-6-14-22,23-15-7-3-8-16-23)24-17-9-4-10-18-24/h2-20,28H,21,29H2,1H3/q+1. The van der Waals surface area contributed by atoms with Crippen molar-refractivity contribution in [2.45, 2.75) is 12.3 Å². The van der Waals surface area contributed by atoms with Crippen LogP contribution < -0.4 is 26.4 Å². The average Bonchev–Trinajstić information content (AvgIpc) is 2.87. The first-order valence-corrected chi connectivity index (χ1v) is 12.7. The van der Waals surface area contributed by atoms with E-state index in [0.29, 0.717) is 11.4 Å². The number of carbonyl (C=O) groups excluding carboxylic acids is 1. The van der Waals surface area contributed by atoms with Crippen molar-refractivity contribution in [1.82, 2.24) is 0 Å². The molecule has 1 atom stereocenters. The summed E-state index contributed by atoms with van der Waals surface area (Å²) in [6.07, 6.45) is 0.0806. The Bertz CT molecular complexity index is 1090. The number of para-hydroxylation sites is 2. The highest BCUT2D eigenvalue weighted by Crippen LogP contribution is 2.61. The van der Waals surface area contributed by atoms with E-state index in [1.54, 1.807) is 6.07 Å². The Kier molecular flexibility index (Phi) is 7.07. The zero-order valence-corrected chi connectivity index (χ0v) is 19.4. The fraction of sp³-hybridized carbons (Fsp3) is 0.107. The van der Waals surface area contributed by atoms with Crippen LogP contribution in [0.3, 0.4) is 0 Å². The Balaban J connectivity index is 2.03. The summed E-state index contributed by atoms with van der Waals surface area (Å²) in [5.41, 5.74) is 6.79. The summed E-state index contributed by atoms with van der Waals surface area (Å²) < 4.78 is 11.8. The molecule has 0 radical (unpaired) electrons. The van der Waals surface area contributed by atoms with Crippen LogP contribution in [0, 0.1) is 0 Å². The van der Waals surface area contributed by atoms with Gasteiger partial charge in [0, 0.05) is 0 Å². The van der Waals surface area contributed by atoms with E-state index in [9.17, 15) is 4.79 Å². The number of methoxy groups -OCH3 is 1. The van der Waals surface area contributed by atoms with E-state index in [-0.39, 0.29) is 12.4 Å². The van der Waals surface area contributed by atoms with Gasteiger partial charge in [-0.2, -0.15) is 0 Å². The third kappa shape index (κ3) is 4.62. The SMILES string of the molecule is COC(=O)CC(Oc1ccccc1N)[P+](c1ccccc1)(c1ccccc1)c1ccccc1. The highest BCUT2D eigenvalue weighted by atomic mass is 31.2. The van der Waals surface area contributed by atoms with Crippen molar-refractivity contribution >= 4 is 34.8 Å². The molecule has 0 fully saturated rings. The summed E-state index contributed by atoms with van der Waals surface area (Å²) in [5, 5.41) is 3.35. The van der Waals surface area contributed by atoms with Gasteiger partial charge in [-0.25, -0.2) is 0 Å². The van der Waals surface area contributed by atoms with Crippen LogP contribution >= 0.6 is 7.26 Å². The van der Waals surface area contributed by atoms with Crippen molar-refractivity contribution in [3.05, 3.63) is 115 Å². The molecule has 0 saturated carbocycles. The summed E-state index contributed by atoms with van der Waals surface area (Å²) in [6, 6.07) is 38.3. The lowest BCUT2D eigenvalue weighted by atomic mass is 10.3. The van der Waals surface area contributed by atoms with Crippen LogP contribution in [0.5, 0.6) is 5.75 Å². The molecule has 4 aromatic carbocycles. The number of esters is 1. The van der Waals surface area contributed by atoms with Crippen molar-refractivity contribution < 1.29 is 14.3 Å². The van der Waals surface area contributed by atoms with Gasteiger partial charge in [0.25, 0.3) is 0 Å². The number of hydrogen-bond donors (Lipinski definition) is 1. The molecule has 33 heavy (non-hydrogen) atoms. The first-order valence-electron chi connectivity index (χ1n) is 10.8. The number of anilines is 1. The maximum absolute atomic E-state index is 12.7. The lowest BCUT2D eigenvalue weighted by Crippen LogP contribution is -2.42. The minimum Gasteiger partial charge on any atom is -0.469 e. The molecule has 0 heterocycles. The minimum atomic E-state index is -2.49. The van der Waals surface area contributed by atoms with E-state index < -0.39 is 13.1 Å². The Morgan fingerprint density at radius 1 is 0.727 bits per heavy atom. The second-order valence-corrected chi connectivity index (χ2v) is 11.2. The molecule has 0 aliphatic carbocycles. The molecule has 5 heteroatoms. The van der Waals surface area contributed by atoms with Crippen LogP contribution in [-0.4, -0.2) is 18.9 Å². The van der Waals surface area contributed by atoms with Crippen molar-refractivity contribution in [1.29, 1.82) is 0 Å². The molecule has 4 nitrogen and oxygen atoms in total. The molecular formula is C28H27NO3P+. The monoisotopic (exact) mass is 456 g/mol. The average molecular weight is 457 g/mol. The van der Waals surface area contributed by atoms with Crippen LogP contribution in [-0.2, 0) is 9.53 Å². The molecule has 1 unspecified atom stereocenters. The molecule has 0 saturated heterocycles. The maximum atomic E-state index is 12.7. The van der Waals surface area contributed by atoms with E-state index in [1.165, 1.54) is 7.11 Å². The predicted octanol–water partition coefficient (Wildman–Crippen LogP) is 4.53. The van der Waals surface area contributed by atoms with E-state index in [1.807, 2.05) is 72.8 Å². The third-order valence-electron chi connectivity index (χ3n) is 5.67. The second kappa shape index (κ2) is 10.3. The van der Waals surface area contributed by atoms with Crippen molar-refractivity contribution in [3.8, 4) is 5.75 Å². The third-order valence-corrected chi connectivity index (χ3v) is 10.2. The summed E-state index contributed by atoms with van der Waals surface area (Å²) >= 11 is 0. The van der Waals surface area contributed by atoms with Gasteiger partial charge in [0.05, 0.1) is 12.8 Å². The zero-order valence-electron chi connectivity index (χ0n) is 18.5. The lowest BCUT2D eigenvalue weighted by molar-refractivity contribution is -0.141. The summed E-state index contributed by atoms with van der Waals surface area (Å²) in [7, 11) is -1.09. The first kappa shape index (κ1) is 22.6. The number of carbonyl (C=O) groups is 1. The Morgan fingerprint density at radius 2 is 1.15 bits per heavy atom. The maximum Gasteiger partial charge on any atom is 0.313 e. The van der Waals surface area contributed by atoms with Crippen LogP contribution in [0.4, 0.5) is 5.69 Å². The smallest absolute Gasteiger partial charge is 0.313 e. The van der Waals surface area contributed by atoms with Crippen molar-refractivity contribution in [2.24, 2.45) is 0 Å². The zero-order chi connectivity index (χ0) is 23.1. The molecule has 0 bridgehead atoms. The largest absolute Gasteiger partial charge is 0.469 e. The van der Waals surface area contributed by atoms with Gasteiger partial charge in [0.2, 0.25) is 5.85 Å². The van der Waals surface area contributed by atoms with Gasteiger partial charge in [-0.05, 0) is 48.5 Å². The van der Waals surface area contributed by atoms with Gasteiger partial charge in [-0.3, -0.25) is 4.79 Å². The molecule has 166 valence electrons. The number of hydrogen-bond acceptors (Lipinski definition) is 4. The lowest BCUT2D eigenvalue weighted by Gasteiger charge is -2.34. The molecule has 0 amide bonds. The highest BCUT2D eigenvalue weighted by molar-refractivity contribution is 7.96. The van der Waals surface area contributed by atoms with E-state index in [4.69, 9.17) is 15.2 Å². The van der Waals surface area contributed by atoms with Gasteiger partial charge in [-0.1, -0.05) is 66.7 Å². The highest BCUT2D eigenvalue weighted by Gasteiger charge is 2.55. The van der Waals surface area contributed by atoms with Crippen molar-refractivity contribution in [2.75, 3.05) is 12.8 Å². The molecule has 0 aliphatic rings. The van der Waals surface area contributed by atoms with E-state index in [0.717, 1.165) is 15.9 Å². The van der Waals surface area contributed by atoms with Gasteiger partial charge >= 0.3 is 5.97 Å². The quantitative estimate of drug-likeness (QED) is 0.240. The Morgan fingerprint density at radius 3 is 1.58 bits per heavy atom. The Hall–Kier alpha value is -3.62. The van der Waals surface area contributed by atoms with Crippen LogP contribution in [0.25, 0.3) is 0 Å². The summed E-state index contributed by atoms with van der Waals surface area (Å²) in [4.78, 5) is 12.7. The fourth-order valence-corrected chi connectivity index (χ4v) is 8.67. The topological polar surface area (TPSA) is 61.5 Å². The Labute approximate surface area is 195 Å². The van der Waals surface area contributed by atoms with Gasteiger partial charge in [0.15, 0.2) is 7.26 Å². The molecule has 2 N–H and O–H groups in total. The molecule has 0 aromatic heterocycles. The normalized spacial score (nSPS) is 12.0. The van der Waals surface area contributed by atoms with Gasteiger partial charge < -0.3 is 15.2 Å². The predicted molar refractivity (Wildman–Crippen MR) is 137 cm³/mol. The molecular weight excluding hydrogens is 429 g/mol. The van der Waals surface area contributed by atoms with Gasteiger partial charge in [0.1, 0.15) is 28.1 Å². The second-order valence-electron chi connectivity index (χ2n) is 7.62. The molecule has 0 spiro atoms. The van der Waals surface area contributed by atoms with Crippen LogP contribution in [0.15, 0.2) is 115 Å². The molecule has 0 aliphatic heterocycles. The fourth-order valence-electron chi connectivity index (χ4n) is 4.15. The number of benzene rings is 4. The molecule has 4 rings (SSSR count).